The first-order valence-electron chi connectivity index (χ1n) is 7.14. The summed E-state index contributed by atoms with van der Waals surface area (Å²) >= 11 is 0. The summed E-state index contributed by atoms with van der Waals surface area (Å²) in [5.41, 5.74) is 2.08. The molecule has 1 N–H and O–H groups in total. The molecule has 0 aliphatic carbocycles. The third kappa shape index (κ3) is 4.65. The first kappa shape index (κ1) is 15.7. The smallest absolute Gasteiger partial charge is 0.214 e. The van der Waals surface area contributed by atoms with Gasteiger partial charge in [-0.15, -0.1) is 0 Å². The molecule has 114 valence electrons. The fourth-order valence-corrected chi connectivity index (χ4v) is 2.25. The third-order valence-corrected chi connectivity index (χ3v) is 3.58. The summed E-state index contributed by atoms with van der Waals surface area (Å²) in [4.78, 5) is 4.03. The molecule has 0 bridgehead atoms. The summed E-state index contributed by atoms with van der Waals surface area (Å²) in [7, 11) is 1.75. The molecule has 5 nitrogen and oxygen atoms in total. The van der Waals surface area contributed by atoms with E-state index < -0.39 is 0 Å². The normalized spacial score (nSPS) is 13.3. The SMILES string of the molecule is COC(C)(C)C[C@@H](C)NCc1ccc(-c2ncon2)cc1. The Kier molecular flexibility index (Phi) is 5.09. The molecule has 1 aromatic heterocycles. The average Bonchev–Trinajstić information content (AvgIpc) is 2.99. The first-order chi connectivity index (χ1) is 10.00. The van der Waals surface area contributed by atoms with Crippen molar-refractivity contribution in [2.45, 2.75) is 45.4 Å². The molecule has 0 aliphatic heterocycles. The molecule has 21 heavy (non-hydrogen) atoms. The Hall–Kier alpha value is -1.72. The van der Waals surface area contributed by atoms with Crippen molar-refractivity contribution in [3.05, 3.63) is 36.2 Å². The highest BCUT2D eigenvalue weighted by Crippen LogP contribution is 2.17. The molecule has 5 heteroatoms. The summed E-state index contributed by atoms with van der Waals surface area (Å²) in [5, 5.41) is 7.34. The Bertz CT molecular complexity index is 535. The van der Waals surface area contributed by atoms with Crippen LogP contribution in [-0.4, -0.2) is 28.9 Å². The lowest BCUT2D eigenvalue weighted by molar-refractivity contribution is 0.00844. The van der Waals surface area contributed by atoms with Crippen LogP contribution in [0.5, 0.6) is 0 Å². The molecule has 0 radical (unpaired) electrons. The summed E-state index contributed by atoms with van der Waals surface area (Å²) in [6.45, 7) is 7.21. The van der Waals surface area contributed by atoms with E-state index in [4.69, 9.17) is 9.26 Å². The summed E-state index contributed by atoms with van der Waals surface area (Å²) in [6.07, 6.45) is 2.30. The van der Waals surface area contributed by atoms with Gasteiger partial charge in [0.15, 0.2) is 0 Å². The van der Waals surface area contributed by atoms with Crippen molar-refractivity contribution >= 4 is 0 Å². The minimum absolute atomic E-state index is 0.102. The number of rotatable bonds is 7. The highest BCUT2D eigenvalue weighted by Gasteiger charge is 2.19. The molecular formula is C16H23N3O2. The Balaban J connectivity index is 1.86. The molecular weight excluding hydrogens is 266 g/mol. The minimum Gasteiger partial charge on any atom is -0.379 e. The quantitative estimate of drug-likeness (QED) is 0.849. The van der Waals surface area contributed by atoms with Gasteiger partial charge in [0, 0.05) is 25.3 Å². The fourth-order valence-electron chi connectivity index (χ4n) is 2.25. The van der Waals surface area contributed by atoms with Crippen molar-refractivity contribution < 1.29 is 9.26 Å². The van der Waals surface area contributed by atoms with Crippen LogP contribution >= 0.6 is 0 Å². The van der Waals surface area contributed by atoms with Crippen molar-refractivity contribution in [3.63, 3.8) is 0 Å². The van der Waals surface area contributed by atoms with Crippen LogP contribution in [0.15, 0.2) is 35.2 Å². The topological polar surface area (TPSA) is 60.2 Å². The van der Waals surface area contributed by atoms with E-state index in [0.717, 1.165) is 18.5 Å². The number of hydrogen-bond acceptors (Lipinski definition) is 5. The van der Waals surface area contributed by atoms with E-state index in [1.165, 1.54) is 12.0 Å². The number of nitrogens with zero attached hydrogens (tertiary/aromatic N) is 2. The van der Waals surface area contributed by atoms with Gasteiger partial charge in [-0.2, -0.15) is 4.98 Å². The standard InChI is InChI=1S/C16H23N3O2/c1-12(9-16(2,3)20-4)17-10-13-5-7-14(8-6-13)15-18-11-21-19-15/h5-8,11-12,17H,9-10H2,1-4H3/t12-/m1/s1. The number of methoxy groups -OCH3 is 1. The largest absolute Gasteiger partial charge is 0.379 e. The van der Waals surface area contributed by atoms with Crippen molar-refractivity contribution in [2.24, 2.45) is 0 Å². The minimum atomic E-state index is -0.102. The molecule has 1 atom stereocenters. The third-order valence-electron chi connectivity index (χ3n) is 3.58. The zero-order chi connectivity index (χ0) is 15.3. The van der Waals surface area contributed by atoms with Crippen molar-refractivity contribution in [1.82, 2.24) is 15.5 Å². The first-order valence-corrected chi connectivity index (χ1v) is 7.14. The van der Waals surface area contributed by atoms with Gasteiger partial charge in [-0.3, -0.25) is 0 Å². The average molecular weight is 289 g/mol. The lowest BCUT2D eigenvalue weighted by Gasteiger charge is -2.27. The van der Waals surface area contributed by atoms with Gasteiger partial charge in [-0.1, -0.05) is 29.4 Å². The molecule has 0 saturated heterocycles. The van der Waals surface area contributed by atoms with Crippen LogP contribution in [0.3, 0.4) is 0 Å². The van der Waals surface area contributed by atoms with Gasteiger partial charge < -0.3 is 14.6 Å². The van der Waals surface area contributed by atoms with Crippen LogP contribution in [0.4, 0.5) is 0 Å². The molecule has 0 unspecified atom stereocenters. The molecule has 2 rings (SSSR count). The molecule has 2 aromatic rings. The van der Waals surface area contributed by atoms with Crippen LogP contribution in [0.1, 0.15) is 32.8 Å². The van der Waals surface area contributed by atoms with Gasteiger partial charge in [-0.25, -0.2) is 0 Å². The predicted molar refractivity (Wildman–Crippen MR) is 81.7 cm³/mol. The van der Waals surface area contributed by atoms with Crippen LogP contribution in [-0.2, 0) is 11.3 Å². The number of nitrogens with one attached hydrogen (secondary N) is 1. The van der Waals surface area contributed by atoms with Crippen LogP contribution in [0, 0.1) is 0 Å². The van der Waals surface area contributed by atoms with E-state index in [2.05, 4.69) is 48.4 Å². The second kappa shape index (κ2) is 6.83. The Morgan fingerprint density at radius 2 is 2.00 bits per heavy atom. The van der Waals surface area contributed by atoms with Gasteiger partial charge in [0.05, 0.1) is 5.60 Å². The number of hydrogen-bond donors (Lipinski definition) is 1. The van der Waals surface area contributed by atoms with E-state index in [9.17, 15) is 0 Å². The Morgan fingerprint density at radius 1 is 1.29 bits per heavy atom. The molecule has 0 aliphatic rings. The van der Waals surface area contributed by atoms with Crippen LogP contribution < -0.4 is 5.32 Å². The summed E-state index contributed by atoms with van der Waals surface area (Å²) < 4.78 is 10.2. The number of ether oxygens (including phenoxy) is 1. The molecule has 0 saturated carbocycles. The summed E-state index contributed by atoms with van der Waals surface area (Å²) in [5.74, 6) is 0.615. The van der Waals surface area contributed by atoms with E-state index in [-0.39, 0.29) is 5.60 Å². The maximum atomic E-state index is 5.45. The van der Waals surface area contributed by atoms with Gasteiger partial charge in [0.2, 0.25) is 12.2 Å². The van der Waals surface area contributed by atoms with E-state index in [1.807, 2.05) is 12.1 Å². The van der Waals surface area contributed by atoms with Crippen molar-refractivity contribution in [1.29, 1.82) is 0 Å². The second-order valence-corrected chi connectivity index (χ2v) is 5.90. The van der Waals surface area contributed by atoms with E-state index in [0.29, 0.717) is 11.9 Å². The van der Waals surface area contributed by atoms with E-state index in [1.54, 1.807) is 7.11 Å². The zero-order valence-electron chi connectivity index (χ0n) is 13.1. The molecule has 1 heterocycles. The Morgan fingerprint density at radius 3 is 2.57 bits per heavy atom. The van der Waals surface area contributed by atoms with Crippen molar-refractivity contribution in [3.8, 4) is 11.4 Å². The Labute approximate surface area is 125 Å². The molecule has 0 spiro atoms. The number of aromatic nitrogens is 2. The lowest BCUT2D eigenvalue weighted by atomic mass is 9.99. The zero-order valence-corrected chi connectivity index (χ0v) is 13.1. The summed E-state index contributed by atoms with van der Waals surface area (Å²) in [6, 6.07) is 8.55. The van der Waals surface area contributed by atoms with Crippen LogP contribution in [0.25, 0.3) is 11.4 Å². The maximum Gasteiger partial charge on any atom is 0.214 e. The highest BCUT2D eigenvalue weighted by molar-refractivity contribution is 5.54. The van der Waals surface area contributed by atoms with Gasteiger partial charge in [0.25, 0.3) is 0 Å². The van der Waals surface area contributed by atoms with Crippen molar-refractivity contribution in [2.75, 3.05) is 7.11 Å². The van der Waals surface area contributed by atoms with E-state index >= 15 is 0 Å². The maximum absolute atomic E-state index is 5.45. The highest BCUT2D eigenvalue weighted by atomic mass is 16.5. The predicted octanol–water partition coefficient (Wildman–Crippen LogP) is 3.03. The van der Waals surface area contributed by atoms with Gasteiger partial charge in [-0.05, 0) is 32.8 Å². The van der Waals surface area contributed by atoms with Gasteiger partial charge >= 0.3 is 0 Å². The van der Waals surface area contributed by atoms with Gasteiger partial charge in [0.1, 0.15) is 0 Å². The molecule has 0 fully saturated rings. The lowest BCUT2D eigenvalue weighted by Crippen LogP contribution is -2.35. The second-order valence-electron chi connectivity index (χ2n) is 5.90. The fraction of sp³-hybridized carbons (Fsp3) is 0.500. The van der Waals surface area contributed by atoms with Crippen LogP contribution in [0.2, 0.25) is 0 Å². The molecule has 1 aromatic carbocycles. The number of benzene rings is 1. The monoisotopic (exact) mass is 289 g/mol. The molecule has 0 amide bonds.